The second-order valence-corrected chi connectivity index (χ2v) is 3.40. The topological polar surface area (TPSA) is 93.0 Å². The first-order valence-electron chi connectivity index (χ1n) is 5.01. The van der Waals surface area contributed by atoms with E-state index in [-0.39, 0.29) is 12.5 Å². The van der Waals surface area contributed by atoms with Crippen molar-refractivity contribution < 1.29 is 9.53 Å². The number of nitrogens with zero attached hydrogens (tertiary/aromatic N) is 1. The van der Waals surface area contributed by atoms with Gasteiger partial charge in [-0.15, -0.1) is 0 Å². The van der Waals surface area contributed by atoms with E-state index in [2.05, 4.69) is 15.5 Å². The van der Waals surface area contributed by atoms with E-state index >= 15 is 0 Å². The molecule has 2 rings (SSSR count). The average Bonchev–Trinajstić information content (AvgIpc) is 2.79. The van der Waals surface area contributed by atoms with E-state index in [1.54, 1.807) is 30.5 Å². The van der Waals surface area contributed by atoms with Crippen LogP contribution in [0.2, 0.25) is 0 Å². The highest BCUT2D eigenvalue weighted by atomic mass is 16.5. The van der Waals surface area contributed by atoms with Gasteiger partial charge in [0.1, 0.15) is 5.75 Å². The fourth-order valence-electron chi connectivity index (χ4n) is 1.27. The number of carbonyl (C=O) groups is 1. The molecule has 0 unspecified atom stereocenters. The molecule has 17 heavy (non-hydrogen) atoms. The van der Waals surface area contributed by atoms with Crippen molar-refractivity contribution in [3.05, 3.63) is 36.7 Å². The summed E-state index contributed by atoms with van der Waals surface area (Å²) in [6, 6.07) is 6.91. The number of aromatic nitrogens is 2. The third kappa shape index (κ3) is 3.23. The molecule has 0 bridgehead atoms. The van der Waals surface area contributed by atoms with Crippen molar-refractivity contribution in [3.63, 3.8) is 0 Å². The van der Waals surface area contributed by atoms with Crippen LogP contribution in [0.15, 0.2) is 36.7 Å². The number of nitrogens with two attached hydrogens (primary N) is 1. The summed E-state index contributed by atoms with van der Waals surface area (Å²) in [6.45, 7) is -0.0748. The highest BCUT2D eigenvalue weighted by Crippen LogP contribution is 2.14. The van der Waals surface area contributed by atoms with Gasteiger partial charge in [-0.1, -0.05) is 6.07 Å². The molecular weight excluding hydrogens is 220 g/mol. The summed E-state index contributed by atoms with van der Waals surface area (Å²) < 4.78 is 5.27. The molecule has 0 spiro atoms. The third-order valence-corrected chi connectivity index (χ3v) is 2.01. The van der Waals surface area contributed by atoms with Gasteiger partial charge in [0, 0.05) is 18.0 Å². The lowest BCUT2D eigenvalue weighted by Gasteiger charge is -2.06. The van der Waals surface area contributed by atoms with Crippen molar-refractivity contribution in [3.8, 4) is 5.75 Å². The lowest BCUT2D eigenvalue weighted by Crippen LogP contribution is -2.19. The minimum absolute atomic E-state index is 0.0748. The minimum Gasteiger partial charge on any atom is -0.484 e. The Hall–Kier alpha value is -2.50. The van der Waals surface area contributed by atoms with Gasteiger partial charge in [-0.05, 0) is 12.1 Å². The van der Waals surface area contributed by atoms with Crippen LogP contribution in [0.4, 0.5) is 11.4 Å². The molecule has 0 atom stereocenters. The minimum atomic E-state index is -0.256. The molecule has 0 saturated heterocycles. The van der Waals surface area contributed by atoms with E-state index in [1.807, 2.05) is 0 Å². The van der Waals surface area contributed by atoms with Crippen LogP contribution >= 0.6 is 0 Å². The maximum Gasteiger partial charge on any atom is 0.262 e. The van der Waals surface area contributed by atoms with Crippen molar-refractivity contribution >= 4 is 17.3 Å². The number of anilines is 2. The molecular formula is C11H12N4O2. The van der Waals surface area contributed by atoms with Gasteiger partial charge in [-0.3, -0.25) is 9.89 Å². The molecule has 88 valence electrons. The number of hydrogen-bond acceptors (Lipinski definition) is 4. The Morgan fingerprint density at radius 2 is 2.41 bits per heavy atom. The van der Waals surface area contributed by atoms with Crippen LogP contribution in [-0.4, -0.2) is 22.7 Å². The Kier molecular flexibility index (Phi) is 3.25. The molecule has 4 N–H and O–H groups in total. The number of rotatable bonds is 4. The predicted octanol–water partition coefficient (Wildman–Crippen LogP) is 1.01. The Balaban J connectivity index is 1.84. The van der Waals surface area contributed by atoms with Gasteiger partial charge in [0.05, 0.1) is 11.9 Å². The number of nitrogen functional groups attached to an aromatic ring is 1. The maximum absolute atomic E-state index is 11.5. The maximum atomic E-state index is 11.5. The van der Waals surface area contributed by atoms with Crippen LogP contribution in [0.5, 0.6) is 5.75 Å². The molecule has 6 heteroatoms. The first-order chi connectivity index (χ1) is 8.24. The van der Waals surface area contributed by atoms with Gasteiger partial charge < -0.3 is 15.8 Å². The number of ether oxygens (including phenoxy) is 1. The second-order valence-electron chi connectivity index (χ2n) is 3.40. The van der Waals surface area contributed by atoms with E-state index in [0.717, 1.165) is 0 Å². The fraction of sp³-hybridized carbons (Fsp3) is 0.0909. The standard InChI is InChI=1S/C11H12N4O2/c12-8-2-1-3-10(4-8)17-7-11(16)15-9-5-13-14-6-9/h1-6H,7,12H2,(H,13,14)(H,15,16). The van der Waals surface area contributed by atoms with Gasteiger partial charge in [-0.25, -0.2) is 0 Å². The largest absolute Gasteiger partial charge is 0.484 e. The number of nitrogens with one attached hydrogen (secondary N) is 2. The molecule has 6 nitrogen and oxygen atoms in total. The van der Waals surface area contributed by atoms with Crippen molar-refractivity contribution in [2.75, 3.05) is 17.7 Å². The molecule has 1 aromatic heterocycles. The van der Waals surface area contributed by atoms with Crippen LogP contribution < -0.4 is 15.8 Å². The van der Waals surface area contributed by atoms with E-state index in [0.29, 0.717) is 17.1 Å². The zero-order chi connectivity index (χ0) is 12.1. The van der Waals surface area contributed by atoms with Crippen molar-refractivity contribution in [2.45, 2.75) is 0 Å². The number of aromatic amines is 1. The summed E-state index contributed by atoms with van der Waals surface area (Å²) in [6.07, 6.45) is 3.09. The Morgan fingerprint density at radius 3 is 3.12 bits per heavy atom. The Bertz CT molecular complexity index is 496. The van der Waals surface area contributed by atoms with E-state index in [4.69, 9.17) is 10.5 Å². The predicted molar refractivity (Wildman–Crippen MR) is 63.6 cm³/mol. The highest BCUT2D eigenvalue weighted by molar-refractivity contribution is 5.91. The number of carbonyl (C=O) groups excluding carboxylic acids is 1. The summed E-state index contributed by atoms with van der Waals surface area (Å²) in [4.78, 5) is 11.5. The SMILES string of the molecule is Nc1cccc(OCC(=O)Nc2cn[nH]c2)c1. The summed E-state index contributed by atoms with van der Waals surface area (Å²) in [5.74, 6) is 0.307. The Morgan fingerprint density at radius 1 is 1.53 bits per heavy atom. The molecule has 0 aliphatic rings. The fourth-order valence-corrected chi connectivity index (χ4v) is 1.27. The Labute approximate surface area is 97.8 Å². The highest BCUT2D eigenvalue weighted by Gasteiger charge is 2.04. The van der Waals surface area contributed by atoms with E-state index in [9.17, 15) is 4.79 Å². The third-order valence-electron chi connectivity index (χ3n) is 2.01. The van der Waals surface area contributed by atoms with Gasteiger partial charge in [-0.2, -0.15) is 5.10 Å². The van der Waals surface area contributed by atoms with Crippen LogP contribution in [0, 0.1) is 0 Å². The summed E-state index contributed by atoms with van der Waals surface area (Å²) >= 11 is 0. The molecule has 2 aromatic rings. The molecule has 0 radical (unpaired) electrons. The van der Waals surface area contributed by atoms with Crippen LogP contribution in [0.1, 0.15) is 0 Å². The van der Waals surface area contributed by atoms with Gasteiger partial charge in [0.2, 0.25) is 0 Å². The molecule has 1 heterocycles. The van der Waals surface area contributed by atoms with E-state index < -0.39 is 0 Å². The molecule has 1 aromatic carbocycles. The lowest BCUT2D eigenvalue weighted by atomic mass is 10.3. The molecule has 0 aliphatic heterocycles. The van der Waals surface area contributed by atoms with Crippen LogP contribution in [-0.2, 0) is 4.79 Å². The van der Waals surface area contributed by atoms with Gasteiger partial charge in [0.15, 0.2) is 6.61 Å². The molecule has 0 fully saturated rings. The molecule has 1 amide bonds. The van der Waals surface area contributed by atoms with Crippen molar-refractivity contribution in [1.82, 2.24) is 10.2 Å². The zero-order valence-electron chi connectivity index (χ0n) is 9.01. The van der Waals surface area contributed by atoms with Crippen LogP contribution in [0.3, 0.4) is 0 Å². The van der Waals surface area contributed by atoms with Crippen molar-refractivity contribution in [1.29, 1.82) is 0 Å². The number of H-pyrrole nitrogens is 1. The summed E-state index contributed by atoms with van der Waals surface area (Å²) in [7, 11) is 0. The zero-order valence-corrected chi connectivity index (χ0v) is 9.01. The van der Waals surface area contributed by atoms with E-state index in [1.165, 1.54) is 6.20 Å². The van der Waals surface area contributed by atoms with Gasteiger partial charge in [0.25, 0.3) is 5.91 Å². The number of benzene rings is 1. The normalized spacial score (nSPS) is 9.88. The van der Waals surface area contributed by atoms with Gasteiger partial charge >= 0.3 is 0 Å². The first kappa shape index (κ1) is 11.0. The van der Waals surface area contributed by atoms with Crippen LogP contribution in [0.25, 0.3) is 0 Å². The molecule has 0 saturated carbocycles. The quantitative estimate of drug-likeness (QED) is 0.686. The summed E-state index contributed by atoms with van der Waals surface area (Å²) in [5, 5.41) is 8.92. The smallest absolute Gasteiger partial charge is 0.262 e. The first-order valence-corrected chi connectivity index (χ1v) is 5.01. The number of hydrogen-bond donors (Lipinski definition) is 3. The van der Waals surface area contributed by atoms with Crippen molar-refractivity contribution in [2.24, 2.45) is 0 Å². The monoisotopic (exact) mass is 232 g/mol. The summed E-state index contributed by atoms with van der Waals surface area (Å²) in [5.41, 5.74) is 6.78. The average molecular weight is 232 g/mol. The number of amides is 1. The lowest BCUT2D eigenvalue weighted by molar-refractivity contribution is -0.118. The molecule has 0 aliphatic carbocycles. The second kappa shape index (κ2) is 5.02.